The van der Waals surface area contributed by atoms with Crippen LogP contribution in [-0.4, -0.2) is 18.2 Å². The van der Waals surface area contributed by atoms with Crippen LogP contribution in [0, 0.1) is 17.8 Å². The highest BCUT2D eigenvalue weighted by Gasteiger charge is 2.01. The zero-order valence-corrected chi connectivity index (χ0v) is 8.89. The maximum Gasteiger partial charge on any atom is 0.618 e. The number of hydrogen-bond acceptors (Lipinski definition) is 0. The van der Waals surface area contributed by atoms with Crippen LogP contribution in [0.3, 0.4) is 0 Å². The van der Waals surface area contributed by atoms with E-state index in [-0.39, 0.29) is 5.41 Å². The number of rotatable bonds is 0. The Balaban J connectivity index is 0. The van der Waals surface area contributed by atoms with E-state index in [2.05, 4.69) is 5.92 Å². The fourth-order valence-electron chi connectivity index (χ4n) is 0. The summed E-state index contributed by atoms with van der Waals surface area (Å²) in [6, 6.07) is 0. The summed E-state index contributed by atoms with van der Waals surface area (Å²) in [5.74, 6) is 2.35. The summed E-state index contributed by atoms with van der Waals surface area (Å²) in [6.45, 7) is 5.83. The van der Waals surface area contributed by atoms with E-state index >= 15 is 0 Å². The minimum absolute atomic E-state index is 0.0417. The Morgan fingerprint density at radius 2 is 1.44 bits per heavy atom. The van der Waals surface area contributed by atoms with Gasteiger partial charge in [0.2, 0.25) is 0 Å². The van der Waals surface area contributed by atoms with Gasteiger partial charge in [-0.2, -0.15) is 0 Å². The standard InChI is InChI=1S/C6H9.2ClH.Mg/c1-5-6(2,3)4;;;/h2-4H3;2*1H;/q;;;+2/p-2. The number of halogens is 2. The lowest BCUT2D eigenvalue weighted by Gasteiger charge is -2.04. The van der Waals surface area contributed by atoms with Gasteiger partial charge in [-0.1, -0.05) is 5.92 Å². The SMILES string of the molecule is [C]#CC(C)(C)C.[Cl][Mg][Cl]. The minimum Gasteiger partial charge on any atom is -0.309 e. The average Bonchev–Trinajstić information content (AvgIpc) is 1.67. The largest absolute Gasteiger partial charge is 0.618 e. The first-order chi connectivity index (χ1) is 3.97. The minimum atomic E-state index is -0.639. The van der Waals surface area contributed by atoms with Gasteiger partial charge >= 0.3 is 18.2 Å². The van der Waals surface area contributed by atoms with Gasteiger partial charge in [-0.15, -0.1) is 0 Å². The molecule has 0 rings (SSSR count). The van der Waals surface area contributed by atoms with Gasteiger partial charge in [0.25, 0.3) is 0 Å². The highest BCUT2D eigenvalue weighted by atomic mass is 35.6. The fraction of sp³-hybridized carbons (Fsp3) is 0.667. The predicted molar refractivity (Wildman–Crippen MR) is 44.0 cm³/mol. The van der Waals surface area contributed by atoms with Gasteiger partial charge in [0.15, 0.2) is 0 Å². The van der Waals surface area contributed by atoms with Crippen LogP contribution < -0.4 is 0 Å². The van der Waals surface area contributed by atoms with Gasteiger partial charge in [0.1, 0.15) is 0 Å². The summed E-state index contributed by atoms with van der Waals surface area (Å²) in [4.78, 5) is 0. The summed E-state index contributed by atoms with van der Waals surface area (Å²) in [6.07, 6.45) is 6.60. The second-order valence-corrected chi connectivity index (χ2v) is 5.10. The normalized spacial score (nSPS) is 8.00. The van der Waals surface area contributed by atoms with Crippen LogP contribution in [-0.2, 0) is 0 Å². The number of hydrogen-bond donors (Lipinski definition) is 0. The van der Waals surface area contributed by atoms with E-state index in [1.54, 1.807) is 0 Å². The molecule has 0 saturated heterocycles. The molecule has 0 aliphatic heterocycles. The van der Waals surface area contributed by atoms with Crippen LogP contribution in [0.15, 0.2) is 0 Å². The van der Waals surface area contributed by atoms with E-state index in [1.807, 2.05) is 20.8 Å². The van der Waals surface area contributed by atoms with Gasteiger partial charge in [0, 0.05) is 5.41 Å². The first kappa shape index (κ1) is 12.6. The molecule has 0 amide bonds. The van der Waals surface area contributed by atoms with E-state index in [1.165, 1.54) is 0 Å². The van der Waals surface area contributed by atoms with Crippen molar-refractivity contribution in [3.05, 3.63) is 6.42 Å². The molecule has 0 aromatic carbocycles. The zero-order chi connectivity index (χ0) is 7.91. The summed E-state index contributed by atoms with van der Waals surface area (Å²) in [5, 5.41) is 0. The molecule has 0 heterocycles. The van der Waals surface area contributed by atoms with Crippen LogP contribution in [0.25, 0.3) is 0 Å². The van der Waals surface area contributed by atoms with Gasteiger partial charge in [-0.3, -0.25) is 0 Å². The Labute approximate surface area is 74.6 Å². The molecule has 0 spiro atoms. The first-order valence-corrected chi connectivity index (χ1v) is 6.81. The van der Waals surface area contributed by atoms with Crippen molar-refractivity contribution in [1.82, 2.24) is 0 Å². The lowest BCUT2D eigenvalue weighted by atomic mass is 9.99. The average molecular weight is 176 g/mol. The highest BCUT2D eigenvalue weighted by Crippen LogP contribution is 2.08. The summed E-state index contributed by atoms with van der Waals surface area (Å²) in [7, 11) is 9.81. The zero-order valence-electron chi connectivity index (χ0n) is 5.96. The van der Waals surface area contributed by atoms with Crippen molar-refractivity contribution in [3.63, 3.8) is 0 Å². The molecule has 9 heavy (non-hydrogen) atoms. The molecule has 0 aliphatic carbocycles. The highest BCUT2D eigenvalue weighted by molar-refractivity contribution is 7.22. The maximum atomic E-state index is 6.60. The molecule has 1 radical (unpaired) electrons. The molecule has 0 aliphatic rings. The summed E-state index contributed by atoms with van der Waals surface area (Å²) in [5.41, 5.74) is -0.0417. The van der Waals surface area contributed by atoms with Crippen molar-refractivity contribution in [1.29, 1.82) is 0 Å². The van der Waals surface area contributed by atoms with Crippen molar-refractivity contribution < 1.29 is 0 Å². The molecule has 0 fully saturated rings. The van der Waals surface area contributed by atoms with Gasteiger partial charge in [0.05, 0.1) is 0 Å². The molecule has 0 atom stereocenters. The molecule has 0 bridgehead atoms. The van der Waals surface area contributed by atoms with Gasteiger partial charge in [-0.05, 0) is 27.2 Å². The molecule has 0 saturated carbocycles. The molecular formula is C6H9Cl2Mg. The Bertz CT molecular complexity index is 88.2. The third-order valence-electron chi connectivity index (χ3n) is 0.375. The monoisotopic (exact) mass is 175 g/mol. The van der Waals surface area contributed by atoms with Crippen LogP contribution >= 0.6 is 18.1 Å². The Kier molecular flexibility index (Phi) is 9.80. The molecule has 0 nitrogen and oxygen atoms in total. The van der Waals surface area contributed by atoms with Crippen LogP contribution in [0.5, 0.6) is 0 Å². The smallest absolute Gasteiger partial charge is 0.309 e. The van der Waals surface area contributed by atoms with E-state index in [9.17, 15) is 0 Å². The van der Waals surface area contributed by atoms with E-state index < -0.39 is 18.2 Å². The van der Waals surface area contributed by atoms with Gasteiger partial charge in [-0.25, -0.2) is 0 Å². The molecule has 0 aromatic heterocycles. The quantitative estimate of drug-likeness (QED) is 0.393. The first-order valence-electron chi connectivity index (χ1n) is 2.53. The van der Waals surface area contributed by atoms with E-state index in [0.29, 0.717) is 0 Å². The van der Waals surface area contributed by atoms with Crippen molar-refractivity contribution in [2.24, 2.45) is 5.41 Å². The van der Waals surface area contributed by atoms with E-state index in [0.717, 1.165) is 0 Å². The van der Waals surface area contributed by atoms with Crippen molar-refractivity contribution in [2.45, 2.75) is 20.8 Å². The topological polar surface area (TPSA) is 0 Å². The molecule has 0 unspecified atom stereocenters. The second kappa shape index (κ2) is 7.02. The molecule has 3 heteroatoms. The van der Waals surface area contributed by atoms with Crippen LogP contribution in [0.1, 0.15) is 20.8 Å². The molecule has 0 N–H and O–H groups in total. The van der Waals surface area contributed by atoms with Crippen molar-refractivity contribution in [2.75, 3.05) is 0 Å². The third-order valence-corrected chi connectivity index (χ3v) is 0.375. The summed E-state index contributed by atoms with van der Waals surface area (Å²) >= 11 is -0.639. The lowest BCUT2D eigenvalue weighted by Crippen LogP contribution is -1.97. The van der Waals surface area contributed by atoms with E-state index in [4.69, 9.17) is 24.6 Å². The fourth-order valence-corrected chi connectivity index (χ4v) is 0. The van der Waals surface area contributed by atoms with Crippen LogP contribution in [0.2, 0.25) is 0 Å². The lowest BCUT2D eigenvalue weighted by molar-refractivity contribution is 0.570. The Hall–Kier alpha value is 0.906. The van der Waals surface area contributed by atoms with Gasteiger partial charge < -0.3 is 18.1 Å². The van der Waals surface area contributed by atoms with Crippen molar-refractivity contribution >= 4 is 36.3 Å². The molecular weight excluding hydrogens is 167 g/mol. The van der Waals surface area contributed by atoms with Crippen LogP contribution in [0.4, 0.5) is 0 Å². The van der Waals surface area contributed by atoms with Crippen molar-refractivity contribution in [3.8, 4) is 5.92 Å². The second-order valence-electron chi connectivity index (χ2n) is 2.48. The maximum absolute atomic E-state index is 6.60. The third kappa shape index (κ3) is 27.8. The Morgan fingerprint density at radius 3 is 1.44 bits per heavy atom. The summed E-state index contributed by atoms with van der Waals surface area (Å²) < 4.78 is 0. The molecule has 49 valence electrons. The Morgan fingerprint density at radius 1 is 1.33 bits per heavy atom. The predicted octanol–water partition coefficient (Wildman–Crippen LogP) is 2.62. The molecule has 0 aromatic rings.